The molecule has 3 nitrogen and oxygen atoms in total. The summed E-state index contributed by atoms with van der Waals surface area (Å²) in [6.45, 7) is 6.61. The topological polar surface area (TPSA) is 41.5 Å². The summed E-state index contributed by atoms with van der Waals surface area (Å²) in [6, 6.07) is 8.22. The first kappa shape index (κ1) is 14.4. The largest absolute Gasteiger partial charge is 0.508 e. The van der Waals surface area contributed by atoms with Gasteiger partial charge in [0.2, 0.25) is 0 Å². The number of ether oxygens (including phenoxy) is 1. The van der Waals surface area contributed by atoms with Gasteiger partial charge in [-0.1, -0.05) is 39.0 Å². The highest BCUT2D eigenvalue weighted by Gasteiger charge is 2.48. The van der Waals surface area contributed by atoms with Crippen LogP contribution in [0.3, 0.4) is 0 Å². The van der Waals surface area contributed by atoms with Crippen molar-refractivity contribution in [1.82, 2.24) is 5.32 Å². The van der Waals surface area contributed by atoms with Gasteiger partial charge in [0.25, 0.3) is 0 Å². The van der Waals surface area contributed by atoms with Crippen LogP contribution in [0.4, 0.5) is 0 Å². The van der Waals surface area contributed by atoms with Gasteiger partial charge in [0.1, 0.15) is 5.75 Å². The first-order chi connectivity index (χ1) is 9.00. The van der Waals surface area contributed by atoms with Gasteiger partial charge in [-0.15, -0.1) is 0 Å². The number of nitrogens with one attached hydrogen (secondary N) is 1. The highest BCUT2D eigenvalue weighted by Crippen LogP contribution is 2.44. The summed E-state index contributed by atoms with van der Waals surface area (Å²) in [4.78, 5) is 0. The van der Waals surface area contributed by atoms with Crippen molar-refractivity contribution in [1.29, 1.82) is 0 Å². The lowest BCUT2D eigenvalue weighted by Gasteiger charge is -2.52. The molecule has 1 saturated carbocycles. The molecule has 1 fully saturated rings. The van der Waals surface area contributed by atoms with E-state index in [-0.39, 0.29) is 11.5 Å². The van der Waals surface area contributed by atoms with Crippen molar-refractivity contribution >= 4 is 0 Å². The van der Waals surface area contributed by atoms with Crippen LogP contribution in [-0.4, -0.2) is 24.4 Å². The van der Waals surface area contributed by atoms with E-state index < -0.39 is 0 Å². The van der Waals surface area contributed by atoms with Crippen LogP contribution < -0.4 is 5.32 Å². The molecule has 0 radical (unpaired) electrons. The van der Waals surface area contributed by atoms with Gasteiger partial charge < -0.3 is 15.2 Å². The fraction of sp³-hybridized carbons (Fsp3) is 0.625. The molecule has 0 spiro atoms. The Labute approximate surface area is 116 Å². The van der Waals surface area contributed by atoms with Crippen molar-refractivity contribution in [2.45, 2.75) is 51.8 Å². The molecule has 3 atom stereocenters. The van der Waals surface area contributed by atoms with Crippen LogP contribution in [0, 0.1) is 5.41 Å². The van der Waals surface area contributed by atoms with Crippen LogP contribution in [0.25, 0.3) is 0 Å². The quantitative estimate of drug-likeness (QED) is 0.857. The Morgan fingerprint density at radius 2 is 2.11 bits per heavy atom. The third kappa shape index (κ3) is 2.63. The molecule has 1 aromatic carbocycles. The second-order valence-corrected chi connectivity index (χ2v) is 6.02. The van der Waals surface area contributed by atoms with Gasteiger partial charge in [0.05, 0.1) is 6.10 Å². The summed E-state index contributed by atoms with van der Waals surface area (Å²) in [7, 11) is 1.78. The molecule has 0 heterocycles. The molecular formula is C16H25NO2. The van der Waals surface area contributed by atoms with E-state index in [0.29, 0.717) is 17.9 Å². The van der Waals surface area contributed by atoms with E-state index in [9.17, 15) is 5.11 Å². The molecule has 0 saturated heterocycles. The predicted octanol–water partition coefficient (Wildman–Crippen LogP) is 3.25. The van der Waals surface area contributed by atoms with Crippen molar-refractivity contribution in [3.63, 3.8) is 0 Å². The minimum absolute atomic E-state index is 0.145. The number of hydrogen-bond acceptors (Lipinski definition) is 3. The maximum Gasteiger partial charge on any atom is 0.120 e. The molecule has 1 aromatic rings. The number of rotatable bonds is 5. The van der Waals surface area contributed by atoms with Crippen LogP contribution >= 0.6 is 0 Å². The Morgan fingerprint density at radius 1 is 1.42 bits per heavy atom. The summed E-state index contributed by atoms with van der Waals surface area (Å²) in [5.74, 6) is 0.377. The molecule has 1 aliphatic carbocycles. The van der Waals surface area contributed by atoms with Gasteiger partial charge in [0, 0.05) is 30.2 Å². The van der Waals surface area contributed by atoms with Crippen molar-refractivity contribution in [2.75, 3.05) is 7.11 Å². The maximum atomic E-state index is 9.98. The van der Waals surface area contributed by atoms with Crippen LogP contribution in [-0.2, 0) is 4.74 Å². The van der Waals surface area contributed by atoms with Crippen molar-refractivity contribution in [2.24, 2.45) is 5.41 Å². The minimum atomic E-state index is 0.145. The van der Waals surface area contributed by atoms with E-state index in [1.807, 2.05) is 18.2 Å². The Balaban J connectivity index is 2.08. The van der Waals surface area contributed by atoms with Crippen LogP contribution in [0.5, 0.6) is 5.75 Å². The number of hydrogen-bond donors (Lipinski definition) is 2. The van der Waals surface area contributed by atoms with E-state index in [2.05, 4.69) is 26.1 Å². The molecule has 0 aliphatic heterocycles. The predicted molar refractivity (Wildman–Crippen MR) is 77.3 cm³/mol. The molecule has 2 N–H and O–H groups in total. The average Bonchev–Trinajstić information content (AvgIpc) is 2.39. The number of benzene rings is 1. The molecule has 0 aromatic heterocycles. The standard InChI is InChI=1S/C16H25NO2/c1-5-12(11-8-6-7-9-13(11)18)17-14-10-15(19-4)16(14,2)3/h6-9,12,14-15,17-18H,5,10H2,1-4H3. The molecule has 1 aliphatic rings. The van der Waals surface area contributed by atoms with E-state index in [1.54, 1.807) is 13.2 Å². The van der Waals surface area contributed by atoms with Crippen molar-refractivity contribution in [3.8, 4) is 5.75 Å². The fourth-order valence-electron chi connectivity index (χ4n) is 3.02. The second-order valence-electron chi connectivity index (χ2n) is 6.02. The Bertz CT molecular complexity index is 431. The summed E-state index contributed by atoms with van der Waals surface area (Å²) in [5, 5.41) is 13.7. The third-order valence-corrected chi connectivity index (χ3v) is 4.59. The zero-order chi connectivity index (χ0) is 14.0. The number of phenols is 1. The molecule has 0 bridgehead atoms. The first-order valence-electron chi connectivity index (χ1n) is 7.07. The van der Waals surface area contributed by atoms with E-state index in [4.69, 9.17) is 4.74 Å². The van der Waals surface area contributed by atoms with Gasteiger partial charge in [0.15, 0.2) is 0 Å². The Hall–Kier alpha value is -1.06. The van der Waals surface area contributed by atoms with Crippen LogP contribution in [0.2, 0.25) is 0 Å². The molecule has 0 amide bonds. The van der Waals surface area contributed by atoms with E-state index in [0.717, 1.165) is 18.4 Å². The normalized spacial score (nSPS) is 26.7. The summed E-state index contributed by atoms with van der Waals surface area (Å²) < 4.78 is 5.49. The summed E-state index contributed by atoms with van der Waals surface area (Å²) >= 11 is 0. The van der Waals surface area contributed by atoms with E-state index >= 15 is 0 Å². The Morgan fingerprint density at radius 3 is 2.63 bits per heavy atom. The lowest BCUT2D eigenvalue weighted by molar-refractivity contribution is -0.101. The van der Waals surface area contributed by atoms with Gasteiger partial charge in [-0.3, -0.25) is 0 Å². The smallest absolute Gasteiger partial charge is 0.120 e. The molecule has 3 unspecified atom stereocenters. The highest BCUT2D eigenvalue weighted by atomic mass is 16.5. The summed E-state index contributed by atoms with van der Waals surface area (Å²) in [6.07, 6.45) is 2.32. The van der Waals surface area contributed by atoms with Gasteiger partial charge in [-0.05, 0) is 18.9 Å². The molecule has 19 heavy (non-hydrogen) atoms. The monoisotopic (exact) mass is 263 g/mol. The van der Waals surface area contributed by atoms with Crippen LogP contribution in [0.1, 0.15) is 45.2 Å². The Kier molecular flexibility index (Phi) is 4.16. The number of para-hydroxylation sites is 1. The van der Waals surface area contributed by atoms with Crippen molar-refractivity contribution < 1.29 is 9.84 Å². The second kappa shape index (κ2) is 5.51. The third-order valence-electron chi connectivity index (χ3n) is 4.59. The number of aromatic hydroxyl groups is 1. The van der Waals surface area contributed by atoms with Gasteiger partial charge in [-0.2, -0.15) is 0 Å². The molecule has 3 heteroatoms. The molecule has 106 valence electrons. The zero-order valence-corrected chi connectivity index (χ0v) is 12.3. The maximum absolute atomic E-state index is 9.98. The van der Waals surface area contributed by atoms with Gasteiger partial charge in [-0.25, -0.2) is 0 Å². The first-order valence-corrected chi connectivity index (χ1v) is 7.07. The highest BCUT2D eigenvalue weighted by molar-refractivity contribution is 5.34. The van der Waals surface area contributed by atoms with Crippen molar-refractivity contribution in [3.05, 3.63) is 29.8 Å². The fourth-order valence-corrected chi connectivity index (χ4v) is 3.02. The van der Waals surface area contributed by atoms with E-state index in [1.165, 1.54) is 0 Å². The average molecular weight is 263 g/mol. The lowest BCUT2D eigenvalue weighted by Crippen LogP contribution is -2.61. The molecule has 2 rings (SSSR count). The summed E-state index contributed by atoms with van der Waals surface area (Å²) in [5.41, 5.74) is 1.13. The lowest BCUT2D eigenvalue weighted by atomic mass is 9.64. The SMILES string of the molecule is CCC(NC1CC(OC)C1(C)C)c1ccccc1O. The number of phenolic OH excluding ortho intramolecular Hbond substituents is 1. The number of methoxy groups -OCH3 is 1. The molecular weight excluding hydrogens is 238 g/mol. The minimum Gasteiger partial charge on any atom is -0.508 e. The van der Waals surface area contributed by atoms with Crippen LogP contribution in [0.15, 0.2) is 24.3 Å². The van der Waals surface area contributed by atoms with Gasteiger partial charge >= 0.3 is 0 Å². The zero-order valence-electron chi connectivity index (χ0n) is 12.3.